The summed E-state index contributed by atoms with van der Waals surface area (Å²) in [5, 5.41) is 0. The maximum absolute atomic E-state index is 13.4. The zero-order valence-corrected chi connectivity index (χ0v) is 21.7. The molecule has 0 aliphatic carbocycles. The first-order valence-electron chi connectivity index (χ1n) is 11.7. The van der Waals surface area contributed by atoms with Gasteiger partial charge in [-0.3, -0.25) is 0 Å². The van der Waals surface area contributed by atoms with Crippen LogP contribution in [-0.4, -0.2) is 50.0 Å². The predicted octanol–water partition coefficient (Wildman–Crippen LogP) is 4.81. The summed E-state index contributed by atoms with van der Waals surface area (Å²) < 4.78 is 28.7. The highest BCUT2D eigenvalue weighted by atomic mass is 16.6. The third-order valence-corrected chi connectivity index (χ3v) is 5.67. The Morgan fingerprint density at radius 2 is 1.33 bits per heavy atom. The summed E-state index contributed by atoms with van der Waals surface area (Å²) in [4.78, 5) is 22.0. The second-order valence-corrected chi connectivity index (χ2v) is 9.38. The highest BCUT2D eigenvalue weighted by Gasteiger charge is 2.51. The highest BCUT2D eigenvalue weighted by Crippen LogP contribution is 2.40. The third kappa shape index (κ3) is 6.31. The molecular weight excluding hydrogens is 460 g/mol. The summed E-state index contributed by atoms with van der Waals surface area (Å²) in [6, 6.07) is 20.4. The van der Waals surface area contributed by atoms with Gasteiger partial charge in [0.15, 0.2) is 5.60 Å². The van der Waals surface area contributed by atoms with Crippen LogP contribution in [0.2, 0.25) is 0 Å². The summed E-state index contributed by atoms with van der Waals surface area (Å²) >= 11 is 0. The molecule has 192 valence electrons. The fourth-order valence-electron chi connectivity index (χ4n) is 3.76. The van der Waals surface area contributed by atoms with Crippen LogP contribution in [0.4, 0.5) is 0 Å². The number of carbonyl (C=O) groups is 1. The number of benzene rings is 2. The smallest absolute Gasteiger partial charge is 0.351 e. The van der Waals surface area contributed by atoms with Gasteiger partial charge < -0.3 is 23.7 Å². The van der Waals surface area contributed by atoms with Crippen LogP contribution in [-0.2, 0) is 19.9 Å². The monoisotopic (exact) mass is 494 g/mol. The van der Waals surface area contributed by atoms with Gasteiger partial charge in [0, 0.05) is 6.61 Å². The number of aromatic nitrogens is 2. The van der Waals surface area contributed by atoms with Gasteiger partial charge in [-0.1, -0.05) is 81.4 Å². The van der Waals surface area contributed by atoms with Crippen molar-refractivity contribution in [2.75, 3.05) is 27.9 Å². The highest BCUT2D eigenvalue weighted by molar-refractivity contribution is 5.78. The van der Waals surface area contributed by atoms with Gasteiger partial charge in [0.1, 0.15) is 0 Å². The van der Waals surface area contributed by atoms with Crippen LogP contribution in [0, 0.1) is 5.41 Å². The average molecular weight is 495 g/mol. The summed E-state index contributed by atoms with van der Waals surface area (Å²) in [5.41, 5.74) is 0.0654. The molecule has 0 saturated heterocycles. The molecule has 1 heterocycles. The number of rotatable bonds is 11. The first-order valence-corrected chi connectivity index (χ1v) is 11.7. The van der Waals surface area contributed by atoms with Crippen LogP contribution >= 0.6 is 0 Å². The van der Waals surface area contributed by atoms with E-state index < -0.39 is 17.7 Å². The Morgan fingerprint density at radius 1 is 0.833 bits per heavy atom. The molecule has 1 aromatic heterocycles. The Labute approximate surface area is 212 Å². The van der Waals surface area contributed by atoms with Crippen molar-refractivity contribution in [1.29, 1.82) is 0 Å². The lowest BCUT2D eigenvalue weighted by Crippen LogP contribution is -2.52. The lowest BCUT2D eigenvalue weighted by atomic mass is 9.80. The molecule has 0 fully saturated rings. The van der Waals surface area contributed by atoms with Crippen LogP contribution in [0.25, 0.3) is 0 Å². The molecule has 0 N–H and O–H groups in total. The van der Waals surface area contributed by atoms with Crippen molar-refractivity contribution in [2.45, 2.75) is 38.9 Å². The van der Waals surface area contributed by atoms with E-state index in [1.54, 1.807) is 0 Å². The Morgan fingerprint density at radius 3 is 1.75 bits per heavy atom. The molecule has 0 bridgehead atoms. The second-order valence-electron chi connectivity index (χ2n) is 9.38. The van der Waals surface area contributed by atoms with Crippen molar-refractivity contribution in [3.05, 3.63) is 77.9 Å². The van der Waals surface area contributed by atoms with E-state index in [-0.39, 0.29) is 23.2 Å². The van der Waals surface area contributed by atoms with Crippen molar-refractivity contribution < 1.29 is 28.5 Å². The van der Waals surface area contributed by atoms with E-state index in [0.717, 1.165) is 17.5 Å². The Bertz CT molecular complexity index is 1050. The molecular formula is C28H34N2O6. The van der Waals surface area contributed by atoms with E-state index in [2.05, 4.69) is 30.7 Å². The van der Waals surface area contributed by atoms with Crippen molar-refractivity contribution in [3.63, 3.8) is 0 Å². The average Bonchev–Trinajstić information content (AvgIpc) is 2.89. The van der Waals surface area contributed by atoms with E-state index in [9.17, 15) is 4.79 Å². The number of hydrogen-bond acceptors (Lipinski definition) is 8. The minimum atomic E-state index is -1.37. The molecule has 0 spiro atoms. The van der Waals surface area contributed by atoms with Crippen LogP contribution in [0.1, 0.15) is 38.3 Å². The summed E-state index contributed by atoms with van der Waals surface area (Å²) in [7, 11) is 4.25. The number of ether oxygens (including phenoxy) is 5. The SMILES string of the molecule is COC(=O)C(Oc1nc(OC)cc(OC)n1)C(OCCC(C)(C)C)(c1ccccc1)c1ccccc1. The quantitative estimate of drug-likeness (QED) is 0.351. The molecule has 0 amide bonds. The lowest BCUT2D eigenvalue weighted by Gasteiger charge is -2.40. The number of hydrogen-bond donors (Lipinski definition) is 0. The maximum atomic E-state index is 13.4. The number of carbonyl (C=O) groups excluding carboxylic acids is 1. The van der Waals surface area contributed by atoms with Gasteiger partial charge in [0.25, 0.3) is 0 Å². The van der Waals surface area contributed by atoms with Gasteiger partial charge in [-0.2, -0.15) is 9.97 Å². The summed E-state index contributed by atoms with van der Waals surface area (Å²) in [5.74, 6) is -0.206. The Balaban J connectivity index is 2.23. The van der Waals surface area contributed by atoms with Crippen LogP contribution in [0.3, 0.4) is 0 Å². The fourth-order valence-corrected chi connectivity index (χ4v) is 3.76. The van der Waals surface area contributed by atoms with Crippen LogP contribution in [0.15, 0.2) is 66.7 Å². The molecule has 0 saturated carbocycles. The second kappa shape index (κ2) is 11.9. The van der Waals surface area contributed by atoms with Gasteiger partial charge in [-0.15, -0.1) is 0 Å². The van der Waals surface area contributed by atoms with Crippen LogP contribution < -0.4 is 14.2 Å². The van der Waals surface area contributed by atoms with E-state index in [4.69, 9.17) is 23.7 Å². The van der Waals surface area contributed by atoms with Gasteiger partial charge in [0.2, 0.25) is 17.9 Å². The van der Waals surface area contributed by atoms with E-state index in [1.807, 2.05) is 60.7 Å². The van der Waals surface area contributed by atoms with E-state index >= 15 is 0 Å². The Hall–Kier alpha value is -3.65. The molecule has 8 nitrogen and oxygen atoms in total. The first-order chi connectivity index (χ1) is 17.2. The molecule has 36 heavy (non-hydrogen) atoms. The normalized spacial score (nSPS) is 12.5. The minimum Gasteiger partial charge on any atom is -0.481 e. The minimum absolute atomic E-state index is 0.00398. The Kier molecular flexibility index (Phi) is 8.88. The topological polar surface area (TPSA) is 89.0 Å². The van der Waals surface area contributed by atoms with Gasteiger partial charge >= 0.3 is 12.0 Å². The van der Waals surface area contributed by atoms with Crippen molar-refractivity contribution in [3.8, 4) is 17.8 Å². The number of methoxy groups -OCH3 is 3. The zero-order valence-electron chi connectivity index (χ0n) is 21.7. The van der Waals surface area contributed by atoms with Gasteiger partial charge in [-0.25, -0.2) is 4.79 Å². The molecule has 1 atom stereocenters. The number of nitrogens with zero attached hydrogens (tertiary/aromatic N) is 2. The summed E-state index contributed by atoms with van der Waals surface area (Å²) in [6.07, 6.45) is -0.560. The molecule has 0 aliphatic rings. The fraction of sp³-hybridized carbons (Fsp3) is 0.393. The molecule has 3 aromatic rings. The molecule has 0 aliphatic heterocycles. The molecule has 3 rings (SSSR count). The van der Waals surface area contributed by atoms with Crippen molar-refractivity contribution in [1.82, 2.24) is 9.97 Å². The first kappa shape index (κ1) is 26.9. The zero-order chi connectivity index (χ0) is 26.2. The molecule has 1 unspecified atom stereocenters. The van der Waals surface area contributed by atoms with E-state index in [1.165, 1.54) is 27.4 Å². The maximum Gasteiger partial charge on any atom is 0.351 e. The summed E-state index contributed by atoms with van der Waals surface area (Å²) in [6.45, 7) is 6.75. The van der Waals surface area contributed by atoms with Crippen LogP contribution in [0.5, 0.6) is 17.8 Å². The molecule has 2 aromatic carbocycles. The van der Waals surface area contributed by atoms with Gasteiger partial charge in [-0.05, 0) is 23.0 Å². The largest absolute Gasteiger partial charge is 0.481 e. The van der Waals surface area contributed by atoms with Crippen molar-refractivity contribution >= 4 is 5.97 Å². The standard InChI is InChI=1S/C28H34N2O6/c1-27(2,3)17-18-35-28(20-13-9-7-10-14-20,21-15-11-8-12-16-21)24(25(31)34-6)36-26-29-22(32-4)19-23(30-26)33-5/h7-16,19,24H,17-18H2,1-6H3. The molecule has 0 radical (unpaired) electrons. The number of esters is 1. The predicted molar refractivity (Wildman–Crippen MR) is 135 cm³/mol. The van der Waals surface area contributed by atoms with Gasteiger partial charge in [0.05, 0.1) is 27.4 Å². The lowest BCUT2D eigenvalue weighted by molar-refractivity contribution is -0.168. The van der Waals surface area contributed by atoms with E-state index in [0.29, 0.717) is 6.61 Å². The molecule has 8 heteroatoms. The third-order valence-electron chi connectivity index (χ3n) is 5.67. The van der Waals surface area contributed by atoms with Crippen molar-refractivity contribution in [2.24, 2.45) is 5.41 Å².